The quantitative estimate of drug-likeness (QED) is 0.898. The number of hydrogen-bond acceptors (Lipinski definition) is 3. The molecule has 1 aromatic rings. The molecule has 0 aromatic heterocycles. The van der Waals surface area contributed by atoms with E-state index >= 15 is 0 Å². The summed E-state index contributed by atoms with van der Waals surface area (Å²) in [6, 6.07) is 2.57. The second kappa shape index (κ2) is 4.97. The Morgan fingerprint density at radius 2 is 1.88 bits per heavy atom. The molecule has 1 rings (SSSR count). The van der Waals surface area contributed by atoms with Crippen LogP contribution in [0.5, 0.6) is 5.75 Å². The van der Waals surface area contributed by atoms with E-state index in [1.807, 2.05) is 0 Å². The fraction of sp³-hybridized carbons (Fsp3) is 0.400. The van der Waals surface area contributed by atoms with Crippen LogP contribution in [0, 0.1) is 13.8 Å². The fourth-order valence-corrected chi connectivity index (χ4v) is 2.23. The van der Waals surface area contributed by atoms with Gasteiger partial charge >= 0.3 is 0 Å². The number of primary sulfonamides is 1. The zero-order valence-corrected chi connectivity index (χ0v) is 10.2. The Bertz CT molecular complexity index is 515. The van der Waals surface area contributed by atoms with E-state index in [1.165, 1.54) is 12.1 Å². The second-order valence-corrected chi connectivity index (χ2v) is 5.09. The minimum absolute atomic E-state index is 0.0283. The Balaban J connectivity index is 3.11. The lowest BCUT2D eigenvalue weighted by Crippen LogP contribution is -2.15. The van der Waals surface area contributed by atoms with E-state index < -0.39 is 23.1 Å². The Hall–Kier alpha value is -1.21. The molecule has 0 aliphatic carbocycles. The van der Waals surface area contributed by atoms with Gasteiger partial charge in [-0.25, -0.2) is 22.3 Å². The minimum atomic E-state index is -3.81. The van der Waals surface area contributed by atoms with Gasteiger partial charge in [0.2, 0.25) is 10.0 Å². The lowest BCUT2D eigenvalue weighted by Gasteiger charge is -2.13. The van der Waals surface area contributed by atoms with Gasteiger partial charge in [-0.05, 0) is 37.1 Å². The smallest absolute Gasteiger partial charge is 0.272 e. The number of alkyl halides is 2. The molecule has 1 aromatic carbocycles. The first-order valence-corrected chi connectivity index (χ1v) is 6.32. The summed E-state index contributed by atoms with van der Waals surface area (Å²) >= 11 is 0. The lowest BCUT2D eigenvalue weighted by atomic mass is 10.1. The van der Waals surface area contributed by atoms with Crippen molar-refractivity contribution in [2.45, 2.75) is 25.2 Å². The van der Waals surface area contributed by atoms with Crippen molar-refractivity contribution in [3.05, 3.63) is 23.3 Å². The van der Waals surface area contributed by atoms with Gasteiger partial charge in [0.25, 0.3) is 6.43 Å². The van der Waals surface area contributed by atoms with Crippen LogP contribution in [0.4, 0.5) is 8.78 Å². The molecular formula is C10H13F2NO3S. The molecule has 0 fully saturated rings. The molecule has 0 heterocycles. The summed E-state index contributed by atoms with van der Waals surface area (Å²) in [5.74, 6) is 0.232. The maximum atomic E-state index is 12.0. The summed E-state index contributed by atoms with van der Waals surface area (Å²) in [4.78, 5) is -0.0283. The summed E-state index contributed by atoms with van der Waals surface area (Å²) in [7, 11) is -3.81. The molecular weight excluding hydrogens is 252 g/mol. The minimum Gasteiger partial charge on any atom is -0.487 e. The van der Waals surface area contributed by atoms with Crippen molar-refractivity contribution in [1.29, 1.82) is 0 Å². The molecule has 0 aliphatic heterocycles. The van der Waals surface area contributed by atoms with E-state index in [4.69, 9.17) is 9.88 Å². The number of ether oxygens (including phenoxy) is 1. The van der Waals surface area contributed by atoms with Crippen molar-refractivity contribution in [3.8, 4) is 5.75 Å². The number of hydrogen-bond donors (Lipinski definition) is 1. The van der Waals surface area contributed by atoms with E-state index in [0.29, 0.717) is 11.1 Å². The molecule has 0 radical (unpaired) electrons. The van der Waals surface area contributed by atoms with Crippen LogP contribution in [-0.4, -0.2) is 21.5 Å². The fourth-order valence-electron chi connectivity index (χ4n) is 1.39. The van der Waals surface area contributed by atoms with E-state index in [9.17, 15) is 17.2 Å². The van der Waals surface area contributed by atoms with Gasteiger partial charge in [0.15, 0.2) is 0 Å². The summed E-state index contributed by atoms with van der Waals surface area (Å²) in [5, 5.41) is 5.01. The van der Waals surface area contributed by atoms with Crippen LogP contribution in [0.1, 0.15) is 11.1 Å². The standard InChI is InChI=1S/C10H13F2NO3S/c1-6-7(2)9(17(13,14)15)4-3-8(6)16-5-10(11)12/h3-4,10H,5H2,1-2H3,(H2,13,14,15). The second-order valence-electron chi connectivity index (χ2n) is 3.56. The Kier molecular flexibility index (Phi) is 4.05. The van der Waals surface area contributed by atoms with Crippen LogP contribution in [0.15, 0.2) is 17.0 Å². The first-order chi connectivity index (χ1) is 7.73. The van der Waals surface area contributed by atoms with Crippen molar-refractivity contribution >= 4 is 10.0 Å². The third-order valence-corrected chi connectivity index (χ3v) is 3.41. The molecule has 7 heteroatoms. The Morgan fingerprint density at radius 1 is 1.29 bits per heavy atom. The van der Waals surface area contributed by atoms with Crippen LogP contribution in [0.3, 0.4) is 0 Å². The molecule has 0 bridgehead atoms. The largest absolute Gasteiger partial charge is 0.487 e. The van der Waals surface area contributed by atoms with Crippen LogP contribution in [0.25, 0.3) is 0 Å². The van der Waals surface area contributed by atoms with Crippen molar-refractivity contribution in [3.63, 3.8) is 0 Å². The van der Waals surface area contributed by atoms with Gasteiger partial charge in [0.05, 0.1) is 4.90 Å². The molecule has 4 nitrogen and oxygen atoms in total. The van der Waals surface area contributed by atoms with E-state index in [2.05, 4.69) is 0 Å². The third kappa shape index (κ3) is 3.37. The van der Waals surface area contributed by atoms with Crippen molar-refractivity contribution in [2.75, 3.05) is 6.61 Å². The van der Waals surface area contributed by atoms with E-state index in [-0.39, 0.29) is 10.6 Å². The first kappa shape index (κ1) is 13.9. The number of halogens is 2. The monoisotopic (exact) mass is 265 g/mol. The summed E-state index contributed by atoms with van der Waals surface area (Å²) in [5.41, 5.74) is 0.886. The van der Waals surface area contributed by atoms with Crippen molar-refractivity contribution in [1.82, 2.24) is 0 Å². The van der Waals surface area contributed by atoms with Gasteiger partial charge in [-0.15, -0.1) is 0 Å². The molecule has 0 amide bonds. The number of sulfonamides is 1. The first-order valence-electron chi connectivity index (χ1n) is 4.77. The van der Waals surface area contributed by atoms with Crippen LogP contribution in [-0.2, 0) is 10.0 Å². The molecule has 17 heavy (non-hydrogen) atoms. The average Bonchev–Trinajstić information content (AvgIpc) is 2.18. The highest BCUT2D eigenvalue weighted by Crippen LogP contribution is 2.26. The van der Waals surface area contributed by atoms with Crippen LogP contribution < -0.4 is 9.88 Å². The van der Waals surface area contributed by atoms with Gasteiger partial charge < -0.3 is 4.74 Å². The van der Waals surface area contributed by atoms with Gasteiger partial charge in [-0.2, -0.15) is 0 Å². The normalized spacial score (nSPS) is 11.9. The van der Waals surface area contributed by atoms with E-state index in [0.717, 1.165) is 0 Å². The summed E-state index contributed by atoms with van der Waals surface area (Å²) in [6.45, 7) is 2.41. The third-order valence-electron chi connectivity index (χ3n) is 2.36. The van der Waals surface area contributed by atoms with Gasteiger partial charge in [0.1, 0.15) is 12.4 Å². The molecule has 96 valence electrons. The SMILES string of the molecule is Cc1c(OCC(F)F)ccc(S(N)(=O)=O)c1C. The number of rotatable bonds is 4. The van der Waals surface area contributed by atoms with E-state index in [1.54, 1.807) is 13.8 Å². The Labute approximate surface area is 98.4 Å². The summed E-state index contributed by atoms with van der Waals surface area (Å²) in [6.07, 6.45) is -2.58. The lowest BCUT2D eigenvalue weighted by molar-refractivity contribution is 0.0815. The topological polar surface area (TPSA) is 69.4 Å². The van der Waals surface area contributed by atoms with Gasteiger partial charge in [-0.3, -0.25) is 0 Å². The van der Waals surface area contributed by atoms with Crippen molar-refractivity contribution < 1.29 is 21.9 Å². The molecule has 0 spiro atoms. The van der Waals surface area contributed by atoms with Gasteiger partial charge in [-0.1, -0.05) is 0 Å². The van der Waals surface area contributed by atoms with Crippen molar-refractivity contribution in [2.24, 2.45) is 5.14 Å². The molecule has 2 N–H and O–H groups in total. The highest BCUT2D eigenvalue weighted by Gasteiger charge is 2.16. The highest BCUT2D eigenvalue weighted by molar-refractivity contribution is 7.89. The van der Waals surface area contributed by atoms with Crippen LogP contribution in [0.2, 0.25) is 0 Å². The average molecular weight is 265 g/mol. The molecule has 0 saturated carbocycles. The predicted octanol–water partition coefficient (Wildman–Crippen LogP) is 1.59. The molecule has 0 aliphatic rings. The number of benzene rings is 1. The zero-order valence-electron chi connectivity index (χ0n) is 9.41. The molecule has 0 unspecified atom stereocenters. The summed E-state index contributed by atoms with van der Waals surface area (Å²) < 4.78 is 51.2. The zero-order chi connectivity index (χ0) is 13.2. The molecule has 0 saturated heterocycles. The highest BCUT2D eigenvalue weighted by atomic mass is 32.2. The van der Waals surface area contributed by atoms with Crippen LogP contribution >= 0.6 is 0 Å². The number of nitrogens with two attached hydrogens (primary N) is 1. The maximum absolute atomic E-state index is 12.0. The van der Waals surface area contributed by atoms with Gasteiger partial charge in [0, 0.05) is 0 Å². The predicted molar refractivity (Wildman–Crippen MR) is 58.8 cm³/mol. The Morgan fingerprint density at radius 3 is 2.35 bits per heavy atom. The maximum Gasteiger partial charge on any atom is 0.272 e. The molecule has 0 atom stereocenters.